The molecule has 140 valence electrons. The number of nitrogens with zero attached hydrogens (tertiary/aromatic N) is 3. The van der Waals surface area contributed by atoms with E-state index < -0.39 is 5.97 Å². The fourth-order valence-electron chi connectivity index (χ4n) is 3.32. The van der Waals surface area contributed by atoms with Crippen LogP contribution in [0.3, 0.4) is 0 Å². The highest BCUT2D eigenvalue weighted by Crippen LogP contribution is 2.45. The number of nitrogen functional groups attached to an aromatic ring is 1. The Bertz CT molecular complexity index is 819. The van der Waals surface area contributed by atoms with Gasteiger partial charge < -0.3 is 24.8 Å². The lowest BCUT2D eigenvalue weighted by atomic mass is 10.1. The van der Waals surface area contributed by atoms with E-state index in [-0.39, 0.29) is 18.2 Å². The van der Waals surface area contributed by atoms with Crippen LogP contribution in [-0.4, -0.2) is 49.9 Å². The minimum atomic E-state index is -0.601. The number of aromatic nitrogens is 2. The van der Waals surface area contributed by atoms with Crippen LogP contribution in [0.1, 0.15) is 36.8 Å². The average molecular weight is 360 g/mol. The highest BCUT2D eigenvalue weighted by Gasteiger charge is 2.26. The summed E-state index contributed by atoms with van der Waals surface area (Å²) >= 11 is 0. The van der Waals surface area contributed by atoms with Crippen LogP contribution in [0.25, 0.3) is 10.9 Å². The Labute approximate surface area is 152 Å². The van der Waals surface area contributed by atoms with Gasteiger partial charge in [0.2, 0.25) is 5.82 Å². The lowest BCUT2D eigenvalue weighted by Gasteiger charge is -2.31. The van der Waals surface area contributed by atoms with E-state index in [0.717, 1.165) is 31.6 Å². The molecule has 0 spiro atoms. The molecule has 8 heteroatoms. The van der Waals surface area contributed by atoms with Crippen molar-refractivity contribution < 1.29 is 19.0 Å². The zero-order chi connectivity index (χ0) is 18.7. The van der Waals surface area contributed by atoms with E-state index in [9.17, 15) is 4.79 Å². The van der Waals surface area contributed by atoms with Crippen molar-refractivity contribution in [3.63, 3.8) is 0 Å². The van der Waals surface area contributed by atoms with Gasteiger partial charge in [0.25, 0.3) is 0 Å². The van der Waals surface area contributed by atoms with E-state index in [1.807, 2.05) is 0 Å². The molecule has 8 nitrogen and oxygen atoms in total. The van der Waals surface area contributed by atoms with E-state index >= 15 is 0 Å². The second-order valence-corrected chi connectivity index (χ2v) is 6.06. The van der Waals surface area contributed by atoms with Crippen molar-refractivity contribution in [2.24, 2.45) is 0 Å². The summed E-state index contributed by atoms with van der Waals surface area (Å²) in [5.41, 5.74) is 7.57. The first kappa shape index (κ1) is 18.0. The summed E-state index contributed by atoms with van der Waals surface area (Å²) < 4.78 is 16.1. The first-order chi connectivity index (χ1) is 12.6. The quantitative estimate of drug-likeness (QED) is 0.812. The third kappa shape index (κ3) is 3.18. The van der Waals surface area contributed by atoms with Crippen molar-refractivity contribution in [3.8, 4) is 11.5 Å². The van der Waals surface area contributed by atoms with Crippen molar-refractivity contribution in [3.05, 3.63) is 11.9 Å². The molecule has 0 aliphatic carbocycles. The fourth-order valence-corrected chi connectivity index (χ4v) is 3.32. The summed E-state index contributed by atoms with van der Waals surface area (Å²) in [5.74, 6) is 0.693. The molecule has 0 radical (unpaired) electrons. The van der Waals surface area contributed by atoms with Gasteiger partial charge in [-0.2, -0.15) is 0 Å². The maximum atomic E-state index is 12.0. The van der Waals surface area contributed by atoms with Gasteiger partial charge in [-0.3, -0.25) is 0 Å². The van der Waals surface area contributed by atoms with Gasteiger partial charge in [-0.1, -0.05) is 0 Å². The summed E-state index contributed by atoms with van der Waals surface area (Å²) in [7, 11) is 3.17. The van der Waals surface area contributed by atoms with Crippen molar-refractivity contribution in [2.45, 2.75) is 26.2 Å². The van der Waals surface area contributed by atoms with Crippen LogP contribution in [0.5, 0.6) is 11.5 Å². The molecule has 1 aromatic heterocycles. The molecule has 0 atom stereocenters. The molecule has 0 saturated carbocycles. The van der Waals surface area contributed by atoms with Gasteiger partial charge in [-0.05, 0) is 26.2 Å². The Balaban J connectivity index is 2.25. The number of esters is 1. The molecule has 1 aromatic carbocycles. The highest BCUT2D eigenvalue weighted by atomic mass is 16.5. The van der Waals surface area contributed by atoms with Crippen molar-refractivity contribution in [1.29, 1.82) is 0 Å². The summed E-state index contributed by atoms with van der Waals surface area (Å²) in [6, 6.07) is 1.71. The van der Waals surface area contributed by atoms with Crippen molar-refractivity contribution in [2.75, 3.05) is 44.5 Å². The van der Waals surface area contributed by atoms with Crippen molar-refractivity contribution >= 4 is 28.4 Å². The van der Waals surface area contributed by atoms with Gasteiger partial charge in [-0.25, -0.2) is 14.8 Å². The number of hydrogen-bond donors (Lipinski definition) is 1. The Morgan fingerprint density at radius 2 is 1.92 bits per heavy atom. The predicted molar refractivity (Wildman–Crippen MR) is 99.1 cm³/mol. The van der Waals surface area contributed by atoms with Gasteiger partial charge in [0.05, 0.1) is 37.4 Å². The van der Waals surface area contributed by atoms with Crippen LogP contribution < -0.4 is 20.1 Å². The van der Waals surface area contributed by atoms with Crippen LogP contribution in [0.15, 0.2) is 6.07 Å². The van der Waals surface area contributed by atoms with Crippen LogP contribution in [0.4, 0.5) is 11.5 Å². The fraction of sp³-hybridized carbons (Fsp3) is 0.500. The normalized spacial score (nSPS) is 14.3. The Hall–Kier alpha value is -2.77. The lowest BCUT2D eigenvalue weighted by Crippen LogP contribution is -2.30. The number of anilines is 2. The first-order valence-electron chi connectivity index (χ1n) is 8.75. The van der Waals surface area contributed by atoms with Gasteiger partial charge in [-0.15, -0.1) is 0 Å². The molecule has 0 bridgehead atoms. The summed E-state index contributed by atoms with van der Waals surface area (Å²) in [4.78, 5) is 22.8. The van der Waals surface area contributed by atoms with Crippen molar-refractivity contribution in [1.82, 2.24) is 9.97 Å². The molecule has 2 heterocycles. The number of methoxy groups -OCH3 is 2. The molecular weight excluding hydrogens is 336 g/mol. The van der Waals surface area contributed by atoms with E-state index in [1.165, 1.54) is 6.42 Å². The first-order valence-corrected chi connectivity index (χ1v) is 8.75. The molecule has 1 aliphatic heterocycles. The largest absolute Gasteiger partial charge is 0.493 e. The number of nitrogens with two attached hydrogens (primary N) is 1. The minimum Gasteiger partial charge on any atom is -0.493 e. The molecule has 1 fully saturated rings. The third-order valence-corrected chi connectivity index (χ3v) is 4.46. The predicted octanol–water partition coefficient (Wildman–Crippen LogP) is 2.40. The monoisotopic (exact) mass is 360 g/mol. The molecule has 0 amide bonds. The number of rotatable bonds is 5. The van der Waals surface area contributed by atoms with Gasteiger partial charge in [0.1, 0.15) is 5.82 Å². The number of carbonyl (C=O) groups excluding carboxylic acids is 1. The Kier molecular flexibility index (Phi) is 5.29. The van der Waals surface area contributed by atoms with E-state index in [0.29, 0.717) is 22.4 Å². The van der Waals surface area contributed by atoms with E-state index in [2.05, 4.69) is 14.9 Å². The SMILES string of the molecule is CCOC(=O)c1nc(N)c2c(N3CCCCC3)c(OC)c(OC)cc2n1. The zero-order valence-corrected chi connectivity index (χ0v) is 15.4. The number of hydrogen-bond acceptors (Lipinski definition) is 8. The molecule has 0 unspecified atom stereocenters. The average Bonchev–Trinajstić information content (AvgIpc) is 2.67. The molecule has 1 aliphatic rings. The topological polar surface area (TPSA) is 99.8 Å². The van der Waals surface area contributed by atoms with Crippen LogP contribution in [0.2, 0.25) is 0 Å². The maximum absolute atomic E-state index is 12.0. The summed E-state index contributed by atoms with van der Waals surface area (Å²) in [5, 5.41) is 0.664. The Morgan fingerprint density at radius 1 is 1.19 bits per heavy atom. The second kappa shape index (κ2) is 7.63. The summed E-state index contributed by atoms with van der Waals surface area (Å²) in [6.45, 7) is 3.74. The standard InChI is InChI=1S/C18H24N4O4/c1-4-26-18(23)17-20-11-10-12(24-2)15(25-3)14(13(11)16(19)21-17)22-8-6-5-7-9-22/h10H,4-9H2,1-3H3,(H2,19,20,21). The van der Waals surface area contributed by atoms with Gasteiger partial charge in [0, 0.05) is 19.2 Å². The Morgan fingerprint density at radius 3 is 2.54 bits per heavy atom. The smallest absolute Gasteiger partial charge is 0.376 e. The number of carbonyl (C=O) groups is 1. The molecule has 26 heavy (non-hydrogen) atoms. The number of piperidine rings is 1. The summed E-state index contributed by atoms with van der Waals surface area (Å²) in [6.07, 6.45) is 3.37. The number of ether oxygens (including phenoxy) is 3. The maximum Gasteiger partial charge on any atom is 0.376 e. The molecule has 2 aromatic rings. The lowest BCUT2D eigenvalue weighted by molar-refractivity contribution is 0.0512. The molecule has 2 N–H and O–H groups in total. The minimum absolute atomic E-state index is 0.0614. The zero-order valence-electron chi connectivity index (χ0n) is 15.4. The molecule has 3 rings (SSSR count). The van der Waals surface area contributed by atoms with Crippen LogP contribution >= 0.6 is 0 Å². The number of benzene rings is 1. The second-order valence-electron chi connectivity index (χ2n) is 6.06. The van der Waals surface area contributed by atoms with Gasteiger partial charge in [0.15, 0.2) is 11.5 Å². The number of fused-ring (bicyclic) bond motifs is 1. The molecular formula is C18H24N4O4. The van der Waals surface area contributed by atoms with Crippen LogP contribution in [-0.2, 0) is 4.74 Å². The highest BCUT2D eigenvalue weighted by molar-refractivity contribution is 6.05. The third-order valence-electron chi connectivity index (χ3n) is 4.46. The van der Waals surface area contributed by atoms with Crippen LogP contribution in [0, 0.1) is 0 Å². The van der Waals surface area contributed by atoms with E-state index in [4.69, 9.17) is 19.9 Å². The van der Waals surface area contributed by atoms with E-state index in [1.54, 1.807) is 27.2 Å². The molecule has 1 saturated heterocycles. The van der Waals surface area contributed by atoms with Gasteiger partial charge >= 0.3 is 5.97 Å².